The summed E-state index contributed by atoms with van der Waals surface area (Å²) in [5, 5.41) is 30.9. The lowest BCUT2D eigenvalue weighted by molar-refractivity contribution is -0.136. The van der Waals surface area contributed by atoms with Crippen molar-refractivity contribution < 1.29 is 47.0 Å². The lowest BCUT2D eigenvalue weighted by atomic mass is 9.91. The van der Waals surface area contributed by atoms with Gasteiger partial charge in [0.05, 0.1) is 24.1 Å². The first kappa shape index (κ1) is 30.6. The Morgan fingerprint density at radius 3 is 2.33 bits per heavy atom. The number of aliphatic hydroxyl groups is 1. The van der Waals surface area contributed by atoms with E-state index in [1.165, 1.54) is 32.2 Å². The van der Waals surface area contributed by atoms with E-state index in [-0.39, 0.29) is 5.92 Å². The van der Waals surface area contributed by atoms with Crippen LogP contribution < -0.4 is 21.3 Å². The molecule has 4 amide bonds. The van der Waals surface area contributed by atoms with Crippen LogP contribution in [0.3, 0.4) is 0 Å². The molecule has 2 aliphatic rings. The van der Waals surface area contributed by atoms with Crippen LogP contribution in [0.2, 0.25) is 0 Å². The van der Waals surface area contributed by atoms with E-state index in [1.54, 1.807) is 0 Å². The molecule has 4 rings (SSSR count). The number of carbonyl (C=O) groups is 4. The number of rotatable bonds is 5. The second-order valence-corrected chi connectivity index (χ2v) is 10.3. The molecule has 1 aliphatic carbocycles. The molecule has 2 aromatic rings. The molecule has 0 bridgehead atoms. The van der Waals surface area contributed by atoms with Gasteiger partial charge < -0.3 is 31.5 Å². The maximum Gasteiger partial charge on any atom is 0.274 e. The molecule has 0 spiro atoms. The summed E-state index contributed by atoms with van der Waals surface area (Å²) >= 11 is 0. The van der Waals surface area contributed by atoms with Gasteiger partial charge in [0.25, 0.3) is 11.9 Å². The van der Waals surface area contributed by atoms with Crippen LogP contribution in [0.25, 0.3) is 0 Å². The van der Waals surface area contributed by atoms with Gasteiger partial charge in [0.15, 0.2) is 11.5 Å². The minimum Gasteiger partial charge on any atom is -0.505 e. The number of halogens is 4. The molecule has 1 saturated carbocycles. The van der Waals surface area contributed by atoms with E-state index in [4.69, 9.17) is 0 Å². The van der Waals surface area contributed by atoms with Crippen molar-refractivity contribution >= 4 is 23.6 Å². The third-order valence-corrected chi connectivity index (χ3v) is 7.29. The normalized spacial score (nSPS) is 27.2. The minimum atomic E-state index is -2.09. The standard InChI is InChI=1S/C26H28F4N6O6/c1-9-20(38)13(8-12-15(27)16(28)22(30)36-21(12)29)33-24(40)17(34-26(42)19-14(37)4-3-7-31-19)10(2)32-25(41)18(11-5-6-11)35-23(9)39/h3-4,7,9-11,13,17-18,20,37-38H,5-6,8H2,1-2H3,(H,32,41)(H,33,40)(H,34,42)(H,35,39)/t9-,10-,13+,17+,18?,20+/m1/s1. The van der Waals surface area contributed by atoms with Crippen LogP contribution in [0, 0.1) is 35.4 Å². The minimum absolute atomic E-state index is 0.243. The quantitative estimate of drug-likeness (QED) is 0.206. The van der Waals surface area contributed by atoms with Crippen LogP contribution in [-0.4, -0.2) is 74.1 Å². The highest BCUT2D eigenvalue weighted by Crippen LogP contribution is 2.33. The first-order valence-electron chi connectivity index (χ1n) is 13.0. The first-order chi connectivity index (χ1) is 19.8. The summed E-state index contributed by atoms with van der Waals surface area (Å²) < 4.78 is 56.3. The molecule has 1 unspecified atom stereocenters. The van der Waals surface area contributed by atoms with Crippen molar-refractivity contribution in [2.24, 2.45) is 11.8 Å². The van der Waals surface area contributed by atoms with Gasteiger partial charge in [0.2, 0.25) is 29.5 Å². The van der Waals surface area contributed by atoms with Crippen molar-refractivity contribution in [2.75, 3.05) is 0 Å². The van der Waals surface area contributed by atoms with E-state index in [0.717, 1.165) is 0 Å². The van der Waals surface area contributed by atoms with E-state index in [2.05, 4.69) is 31.2 Å². The monoisotopic (exact) mass is 596 g/mol. The van der Waals surface area contributed by atoms with Crippen molar-refractivity contribution in [2.45, 2.75) is 63.4 Å². The zero-order chi connectivity index (χ0) is 30.9. The number of aromatic hydroxyl groups is 1. The fourth-order valence-electron chi connectivity index (χ4n) is 4.65. The summed E-state index contributed by atoms with van der Waals surface area (Å²) in [6.45, 7) is 2.58. The maximum absolute atomic E-state index is 14.5. The largest absolute Gasteiger partial charge is 0.505 e. The molecule has 226 valence electrons. The van der Waals surface area contributed by atoms with Crippen molar-refractivity contribution in [1.82, 2.24) is 31.2 Å². The highest BCUT2D eigenvalue weighted by Gasteiger charge is 2.43. The van der Waals surface area contributed by atoms with Crippen molar-refractivity contribution in [3.63, 3.8) is 0 Å². The molecule has 16 heteroatoms. The average Bonchev–Trinajstić information content (AvgIpc) is 3.78. The summed E-state index contributed by atoms with van der Waals surface area (Å²) in [5.74, 6) is -13.6. The predicted molar refractivity (Wildman–Crippen MR) is 134 cm³/mol. The van der Waals surface area contributed by atoms with Gasteiger partial charge in [0, 0.05) is 18.2 Å². The molecule has 3 heterocycles. The molecule has 0 aromatic carbocycles. The molecular formula is C26H28F4N6O6. The van der Waals surface area contributed by atoms with Gasteiger partial charge in [-0.05, 0) is 37.8 Å². The van der Waals surface area contributed by atoms with Gasteiger partial charge in [-0.25, -0.2) is 9.37 Å². The summed E-state index contributed by atoms with van der Waals surface area (Å²) in [5.41, 5.74) is -1.57. The third kappa shape index (κ3) is 6.42. The number of aromatic nitrogens is 2. The van der Waals surface area contributed by atoms with Crippen LogP contribution in [-0.2, 0) is 20.8 Å². The number of nitrogens with one attached hydrogen (secondary N) is 4. The number of aliphatic hydroxyl groups excluding tert-OH is 1. The van der Waals surface area contributed by atoms with Crippen LogP contribution in [0.5, 0.6) is 5.75 Å². The predicted octanol–water partition coefficient (Wildman–Crippen LogP) is -0.0254. The molecule has 2 fully saturated rings. The number of hydrogen-bond acceptors (Lipinski definition) is 8. The van der Waals surface area contributed by atoms with Crippen LogP contribution in [0.4, 0.5) is 17.6 Å². The Bertz CT molecular complexity index is 1410. The molecular weight excluding hydrogens is 568 g/mol. The van der Waals surface area contributed by atoms with E-state index in [0.29, 0.717) is 12.8 Å². The lowest BCUT2D eigenvalue weighted by Gasteiger charge is -2.34. The number of hydrogen-bond donors (Lipinski definition) is 6. The second-order valence-electron chi connectivity index (χ2n) is 10.3. The summed E-state index contributed by atoms with van der Waals surface area (Å²) in [6, 6.07) is -3.05. The average molecular weight is 597 g/mol. The van der Waals surface area contributed by atoms with Gasteiger partial charge in [-0.2, -0.15) is 18.2 Å². The van der Waals surface area contributed by atoms with E-state index in [1.807, 2.05) is 0 Å². The Hall–Kier alpha value is -4.34. The van der Waals surface area contributed by atoms with Gasteiger partial charge in [-0.3, -0.25) is 19.2 Å². The van der Waals surface area contributed by atoms with Crippen LogP contribution in [0.1, 0.15) is 42.7 Å². The summed E-state index contributed by atoms with van der Waals surface area (Å²) in [7, 11) is 0. The van der Waals surface area contributed by atoms with Gasteiger partial charge in [-0.1, -0.05) is 6.92 Å². The van der Waals surface area contributed by atoms with Gasteiger partial charge >= 0.3 is 0 Å². The summed E-state index contributed by atoms with van der Waals surface area (Å²) in [6.07, 6.45) is -0.451. The topological polar surface area (TPSA) is 183 Å². The first-order valence-corrected chi connectivity index (χ1v) is 13.0. The molecule has 1 saturated heterocycles. The Morgan fingerprint density at radius 2 is 1.69 bits per heavy atom. The van der Waals surface area contributed by atoms with Crippen LogP contribution in [0.15, 0.2) is 18.3 Å². The zero-order valence-electron chi connectivity index (χ0n) is 22.3. The van der Waals surface area contributed by atoms with Gasteiger partial charge in [0.1, 0.15) is 17.8 Å². The fraction of sp³-hybridized carbons (Fsp3) is 0.462. The molecule has 0 radical (unpaired) electrons. The Balaban J connectivity index is 1.73. The Labute approximate surface area is 236 Å². The van der Waals surface area contributed by atoms with Crippen molar-refractivity contribution in [3.8, 4) is 5.75 Å². The molecule has 1 aliphatic heterocycles. The SMILES string of the molecule is C[C@H]1NC(=O)C(C2CC2)NC(=O)[C@H](C)[C@H](O)[C@H](Cc2c(F)nc(F)c(F)c2F)NC(=O)[C@H]1NC(=O)c1ncccc1O. The highest BCUT2D eigenvalue weighted by molar-refractivity contribution is 5.98. The number of amides is 4. The summed E-state index contributed by atoms with van der Waals surface area (Å²) in [4.78, 5) is 59.0. The van der Waals surface area contributed by atoms with Crippen molar-refractivity contribution in [1.29, 1.82) is 0 Å². The maximum atomic E-state index is 14.5. The number of carbonyl (C=O) groups excluding carboxylic acids is 4. The Morgan fingerprint density at radius 1 is 1.00 bits per heavy atom. The third-order valence-electron chi connectivity index (χ3n) is 7.29. The van der Waals surface area contributed by atoms with E-state index < -0.39 is 107 Å². The van der Waals surface area contributed by atoms with E-state index in [9.17, 15) is 47.0 Å². The second kappa shape index (κ2) is 12.3. The molecule has 2 aromatic heterocycles. The highest BCUT2D eigenvalue weighted by atomic mass is 19.2. The Kier molecular flexibility index (Phi) is 8.94. The molecule has 6 N–H and O–H groups in total. The fourth-order valence-corrected chi connectivity index (χ4v) is 4.65. The van der Waals surface area contributed by atoms with Crippen LogP contribution >= 0.6 is 0 Å². The number of nitrogens with zero attached hydrogens (tertiary/aromatic N) is 2. The van der Waals surface area contributed by atoms with E-state index >= 15 is 0 Å². The molecule has 6 atom stereocenters. The lowest BCUT2D eigenvalue weighted by Crippen LogP contribution is -2.64. The van der Waals surface area contributed by atoms with Crippen molar-refractivity contribution in [3.05, 3.63) is 53.1 Å². The zero-order valence-corrected chi connectivity index (χ0v) is 22.3. The molecule has 42 heavy (non-hydrogen) atoms. The van der Waals surface area contributed by atoms with Gasteiger partial charge in [-0.15, -0.1) is 0 Å². The number of pyridine rings is 2. The smallest absolute Gasteiger partial charge is 0.274 e. The molecule has 12 nitrogen and oxygen atoms in total.